The lowest BCUT2D eigenvalue weighted by Crippen LogP contribution is -2.39. The third-order valence-corrected chi connectivity index (χ3v) is 3.70. The van der Waals surface area contributed by atoms with Gasteiger partial charge in [0.15, 0.2) is 0 Å². The highest BCUT2D eigenvalue weighted by Gasteiger charge is 2.23. The Morgan fingerprint density at radius 3 is 2.95 bits per heavy atom. The SMILES string of the molecule is CC(C)CC(CN)CC(=O)N1CCn2ccnc2C1. The lowest BCUT2D eigenvalue weighted by atomic mass is 9.93. The van der Waals surface area contributed by atoms with Gasteiger partial charge >= 0.3 is 0 Å². The molecule has 2 N–H and O–H groups in total. The van der Waals surface area contributed by atoms with E-state index < -0.39 is 0 Å². The van der Waals surface area contributed by atoms with Gasteiger partial charge in [0.25, 0.3) is 0 Å². The zero-order valence-electron chi connectivity index (χ0n) is 11.9. The molecule has 1 aliphatic heterocycles. The molecule has 5 nitrogen and oxygen atoms in total. The number of rotatable bonds is 5. The van der Waals surface area contributed by atoms with Gasteiger partial charge in [-0.1, -0.05) is 13.8 Å². The molecule has 1 unspecified atom stereocenters. The van der Waals surface area contributed by atoms with Crippen molar-refractivity contribution in [1.29, 1.82) is 0 Å². The minimum atomic E-state index is 0.213. The van der Waals surface area contributed by atoms with Crippen molar-refractivity contribution < 1.29 is 4.79 Å². The average molecular weight is 264 g/mol. The number of hydrogen-bond donors (Lipinski definition) is 1. The molecule has 0 bridgehead atoms. The van der Waals surface area contributed by atoms with Crippen molar-refractivity contribution in [3.63, 3.8) is 0 Å². The maximum Gasteiger partial charge on any atom is 0.223 e. The highest BCUT2D eigenvalue weighted by atomic mass is 16.2. The molecule has 0 fully saturated rings. The summed E-state index contributed by atoms with van der Waals surface area (Å²) in [6.07, 6.45) is 5.35. The van der Waals surface area contributed by atoms with Gasteiger partial charge in [0.1, 0.15) is 5.82 Å². The van der Waals surface area contributed by atoms with Crippen molar-refractivity contribution in [2.45, 2.75) is 39.8 Å². The van der Waals surface area contributed by atoms with Gasteiger partial charge in [0.05, 0.1) is 6.54 Å². The summed E-state index contributed by atoms with van der Waals surface area (Å²) in [5, 5.41) is 0. The molecule has 1 aromatic rings. The van der Waals surface area contributed by atoms with E-state index in [4.69, 9.17) is 5.73 Å². The normalized spacial score (nSPS) is 16.5. The summed E-state index contributed by atoms with van der Waals surface area (Å²) < 4.78 is 2.11. The van der Waals surface area contributed by atoms with Gasteiger partial charge in [-0.15, -0.1) is 0 Å². The van der Waals surface area contributed by atoms with Crippen molar-refractivity contribution in [2.75, 3.05) is 13.1 Å². The minimum absolute atomic E-state index is 0.213. The predicted octanol–water partition coefficient (Wildman–Crippen LogP) is 1.24. The summed E-state index contributed by atoms with van der Waals surface area (Å²) >= 11 is 0. The van der Waals surface area contributed by atoms with Crippen LogP contribution in [0.25, 0.3) is 0 Å². The van der Waals surface area contributed by atoms with Crippen LogP contribution in [0.5, 0.6) is 0 Å². The van der Waals surface area contributed by atoms with Crippen LogP contribution in [-0.2, 0) is 17.9 Å². The first kappa shape index (κ1) is 14.1. The van der Waals surface area contributed by atoms with E-state index in [1.165, 1.54) is 0 Å². The van der Waals surface area contributed by atoms with Crippen LogP contribution in [0.3, 0.4) is 0 Å². The zero-order valence-corrected chi connectivity index (χ0v) is 11.9. The fraction of sp³-hybridized carbons (Fsp3) is 0.714. The molecular formula is C14H24N4O. The van der Waals surface area contributed by atoms with Gasteiger partial charge in [0.2, 0.25) is 5.91 Å². The van der Waals surface area contributed by atoms with Crippen LogP contribution in [0.15, 0.2) is 12.4 Å². The zero-order chi connectivity index (χ0) is 13.8. The number of nitrogens with two attached hydrogens (primary N) is 1. The molecule has 1 aromatic heterocycles. The van der Waals surface area contributed by atoms with Crippen LogP contribution in [0.1, 0.15) is 32.5 Å². The summed E-state index contributed by atoms with van der Waals surface area (Å²) in [5.41, 5.74) is 5.77. The molecule has 19 heavy (non-hydrogen) atoms. The van der Waals surface area contributed by atoms with Gasteiger partial charge in [-0.05, 0) is 24.8 Å². The fourth-order valence-electron chi connectivity index (χ4n) is 2.69. The summed E-state index contributed by atoms with van der Waals surface area (Å²) in [5.74, 6) is 2.08. The molecule has 0 radical (unpaired) electrons. The molecule has 106 valence electrons. The molecule has 0 saturated carbocycles. The second-order valence-electron chi connectivity index (χ2n) is 5.79. The molecule has 2 heterocycles. The third kappa shape index (κ3) is 3.56. The van der Waals surface area contributed by atoms with Gasteiger partial charge in [0, 0.05) is 31.9 Å². The van der Waals surface area contributed by atoms with Gasteiger partial charge < -0.3 is 15.2 Å². The highest BCUT2D eigenvalue weighted by Crippen LogP contribution is 2.18. The topological polar surface area (TPSA) is 64.2 Å². The number of carbonyl (C=O) groups excluding carboxylic acids is 1. The third-order valence-electron chi connectivity index (χ3n) is 3.70. The molecule has 0 spiro atoms. The Morgan fingerprint density at radius 1 is 1.47 bits per heavy atom. The Labute approximate surface area is 114 Å². The van der Waals surface area contributed by atoms with E-state index in [9.17, 15) is 4.79 Å². The highest BCUT2D eigenvalue weighted by molar-refractivity contribution is 5.76. The van der Waals surface area contributed by atoms with Gasteiger partial charge in [-0.3, -0.25) is 4.79 Å². The Bertz CT molecular complexity index is 427. The van der Waals surface area contributed by atoms with E-state index in [2.05, 4.69) is 23.4 Å². The second kappa shape index (κ2) is 6.19. The number of aromatic nitrogens is 2. The first-order valence-corrected chi connectivity index (χ1v) is 7.08. The van der Waals surface area contributed by atoms with Crippen molar-refractivity contribution in [2.24, 2.45) is 17.6 Å². The Hall–Kier alpha value is -1.36. The van der Waals surface area contributed by atoms with Crippen LogP contribution >= 0.6 is 0 Å². The summed E-state index contributed by atoms with van der Waals surface area (Å²) in [4.78, 5) is 18.5. The monoisotopic (exact) mass is 264 g/mol. The van der Waals surface area contributed by atoms with Crippen LogP contribution in [0.4, 0.5) is 0 Å². The maximum atomic E-state index is 12.3. The smallest absolute Gasteiger partial charge is 0.223 e. The van der Waals surface area contributed by atoms with Crippen molar-refractivity contribution >= 4 is 5.91 Å². The van der Waals surface area contributed by atoms with Gasteiger partial charge in [-0.25, -0.2) is 4.98 Å². The van der Waals surface area contributed by atoms with Crippen LogP contribution in [0, 0.1) is 11.8 Å². The van der Waals surface area contributed by atoms with E-state index >= 15 is 0 Å². The molecule has 1 amide bonds. The molecule has 0 aliphatic carbocycles. The van der Waals surface area contributed by atoms with E-state index in [0.717, 1.165) is 25.3 Å². The van der Waals surface area contributed by atoms with E-state index in [-0.39, 0.29) is 5.91 Å². The molecule has 1 aliphatic rings. The molecular weight excluding hydrogens is 240 g/mol. The van der Waals surface area contributed by atoms with E-state index in [1.54, 1.807) is 6.20 Å². The number of nitrogens with zero attached hydrogens (tertiary/aromatic N) is 3. The van der Waals surface area contributed by atoms with E-state index in [1.807, 2.05) is 11.1 Å². The van der Waals surface area contributed by atoms with Crippen LogP contribution in [0.2, 0.25) is 0 Å². The number of amides is 1. The molecule has 1 atom stereocenters. The Morgan fingerprint density at radius 2 is 2.26 bits per heavy atom. The first-order chi connectivity index (χ1) is 9.10. The van der Waals surface area contributed by atoms with Crippen molar-refractivity contribution in [3.05, 3.63) is 18.2 Å². The predicted molar refractivity (Wildman–Crippen MR) is 74.3 cm³/mol. The summed E-state index contributed by atoms with van der Waals surface area (Å²) in [7, 11) is 0. The fourth-order valence-corrected chi connectivity index (χ4v) is 2.69. The first-order valence-electron chi connectivity index (χ1n) is 7.08. The lowest BCUT2D eigenvalue weighted by Gasteiger charge is -2.29. The summed E-state index contributed by atoms with van der Waals surface area (Å²) in [6, 6.07) is 0. The molecule has 0 saturated heterocycles. The number of fused-ring (bicyclic) bond motifs is 1. The second-order valence-corrected chi connectivity index (χ2v) is 5.79. The van der Waals surface area contributed by atoms with Crippen molar-refractivity contribution in [1.82, 2.24) is 14.5 Å². The lowest BCUT2D eigenvalue weighted by molar-refractivity contribution is -0.133. The van der Waals surface area contributed by atoms with Crippen LogP contribution < -0.4 is 5.73 Å². The van der Waals surface area contributed by atoms with Crippen molar-refractivity contribution in [3.8, 4) is 0 Å². The average Bonchev–Trinajstić information content (AvgIpc) is 2.84. The number of carbonyl (C=O) groups is 1. The number of hydrogen-bond acceptors (Lipinski definition) is 3. The van der Waals surface area contributed by atoms with Gasteiger partial charge in [-0.2, -0.15) is 0 Å². The van der Waals surface area contributed by atoms with Crippen LogP contribution in [-0.4, -0.2) is 33.4 Å². The Balaban J connectivity index is 1.90. The standard InChI is InChI=1S/C14H24N4O/c1-11(2)7-12(9-15)8-14(19)18-6-5-17-4-3-16-13(17)10-18/h3-4,11-12H,5-10,15H2,1-2H3. The molecule has 5 heteroatoms. The quantitative estimate of drug-likeness (QED) is 0.870. The van der Waals surface area contributed by atoms with E-state index in [0.29, 0.717) is 31.3 Å². The summed E-state index contributed by atoms with van der Waals surface area (Å²) in [6.45, 7) is 7.19. The molecule has 0 aromatic carbocycles. The largest absolute Gasteiger partial charge is 0.333 e. The minimum Gasteiger partial charge on any atom is -0.333 e. The molecule has 2 rings (SSSR count). The maximum absolute atomic E-state index is 12.3. The number of imidazole rings is 1. The Kier molecular flexibility index (Phi) is 4.58.